The minimum atomic E-state index is -4.23. The number of hydrogen-bond donors (Lipinski definition) is 2. The second-order valence-corrected chi connectivity index (χ2v) is 3.98. The van der Waals surface area contributed by atoms with Crippen LogP contribution in [0.2, 0.25) is 0 Å². The number of pyridine rings is 1. The Balaban J connectivity index is 3.11. The van der Waals surface area contributed by atoms with Crippen LogP contribution in [0.25, 0.3) is 0 Å². The van der Waals surface area contributed by atoms with Gasteiger partial charge in [-0.15, -0.1) is 11.6 Å². The predicted molar refractivity (Wildman–Crippen MR) is 45.5 cm³/mol. The van der Waals surface area contributed by atoms with E-state index in [1.165, 1.54) is 12.1 Å². The Morgan fingerprint density at radius 3 is 2.67 bits per heavy atom. The Bertz CT molecular complexity index is 324. The first kappa shape index (κ1) is 9.68. The van der Waals surface area contributed by atoms with Crippen LogP contribution in [0.5, 0.6) is 0 Å². The molecule has 0 fully saturated rings. The Morgan fingerprint density at radius 2 is 2.17 bits per heavy atom. The maximum absolute atomic E-state index is 10.7. The average molecular weight is 208 g/mol. The molecule has 66 valence electrons. The summed E-state index contributed by atoms with van der Waals surface area (Å²) in [5.74, 6) is 0.147. The zero-order valence-electron chi connectivity index (χ0n) is 6.01. The van der Waals surface area contributed by atoms with Crippen molar-refractivity contribution in [1.82, 2.24) is 4.98 Å². The van der Waals surface area contributed by atoms with Crippen molar-refractivity contribution < 1.29 is 14.4 Å². The highest BCUT2D eigenvalue weighted by molar-refractivity contribution is 7.60. The van der Waals surface area contributed by atoms with Crippen molar-refractivity contribution in [2.45, 2.75) is 5.88 Å². The van der Waals surface area contributed by atoms with E-state index in [0.717, 1.165) is 0 Å². The third-order valence-electron chi connectivity index (χ3n) is 1.23. The number of rotatable bonds is 2. The van der Waals surface area contributed by atoms with Gasteiger partial charge < -0.3 is 9.79 Å². The largest absolute Gasteiger partial charge is 0.374 e. The van der Waals surface area contributed by atoms with Crippen molar-refractivity contribution in [2.75, 3.05) is 0 Å². The summed E-state index contributed by atoms with van der Waals surface area (Å²) in [6, 6.07) is 4.39. The van der Waals surface area contributed by atoms with E-state index in [9.17, 15) is 4.57 Å². The van der Waals surface area contributed by atoms with Gasteiger partial charge in [0.2, 0.25) is 0 Å². The molecule has 1 rings (SSSR count). The normalized spacial score (nSPS) is 11.6. The third kappa shape index (κ3) is 2.29. The molecule has 0 aliphatic heterocycles. The second-order valence-electron chi connectivity index (χ2n) is 2.16. The maximum Gasteiger partial charge on any atom is 0.374 e. The topological polar surface area (TPSA) is 70.4 Å². The lowest BCUT2D eigenvalue weighted by Gasteiger charge is -2.02. The van der Waals surface area contributed by atoms with Gasteiger partial charge in [-0.2, -0.15) is 0 Å². The SMILES string of the molecule is O=P(O)(O)c1cccc(CCl)n1. The highest BCUT2D eigenvalue weighted by Gasteiger charge is 2.18. The summed E-state index contributed by atoms with van der Waals surface area (Å²) in [5.41, 5.74) is 0.221. The van der Waals surface area contributed by atoms with Gasteiger partial charge in [-0.1, -0.05) is 6.07 Å². The van der Waals surface area contributed by atoms with Gasteiger partial charge in [0.15, 0.2) is 5.44 Å². The molecule has 0 spiro atoms. The molecular weight excluding hydrogens is 200 g/mol. The predicted octanol–water partition coefficient (Wildman–Crippen LogP) is 0.623. The molecule has 0 saturated carbocycles. The van der Waals surface area contributed by atoms with Crippen LogP contribution in [0.4, 0.5) is 0 Å². The molecule has 0 bridgehead atoms. The van der Waals surface area contributed by atoms with Crippen LogP contribution >= 0.6 is 19.2 Å². The van der Waals surface area contributed by atoms with Crippen molar-refractivity contribution in [3.8, 4) is 0 Å². The fraction of sp³-hybridized carbons (Fsp3) is 0.167. The van der Waals surface area contributed by atoms with E-state index in [2.05, 4.69) is 4.98 Å². The van der Waals surface area contributed by atoms with E-state index in [0.29, 0.717) is 5.69 Å². The first-order valence-electron chi connectivity index (χ1n) is 3.12. The molecule has 6 heteroatoms. The lowest BCUT2D eigenvalue weighted by Crippen LogP contribution is -2.09. The first-order chi connectivity index (χ1) is 5.54. The van der Waals surface area contributed by atoms with Crippen LogP contribution in [0.1, 0.15) is 5.69 Å². The Morgan fingerprint density at radius 1 is 1.50 bits per heavy atom. The van der Waals surface area contributed by atoms with Gasteiger partial charge in [-0.05, 0) is 12.1 Å². The van der Waals surface area contributed by atoms with E-state index < -0.39 is 7.60 Å². The van der Waals surface area contributed by atoms with Crippen LogP contribution in [0.15, 0.2) is 18.2 Å². The summed E-state index contributed by atoms with van der Waals surface area (Å²) < 4.78 is 10.7. The molecule has 1 aromatic heterocycles. The summed E-state index contributed by atoms with van der Waals surface area (Å²) in [5, 5.41) is 0. The Labute approximate surface area is 74.4 Å². The van der Waals surface area contributed by atoms with Crippen molar-refractivity contribution in [3.63, 3.8) is 0 Å². The van der Waals surface area contributed by atoms with Crippen LogP contribution in [-0.4, -0.2) is 14.8 Å². The summed E-state index contributed by atoms with van der Waals surface area (Å²) in [7, 11) is -4.23. The molecule has 0 amide bonds. The van der Waals surface area contributed by atoms with Crippen molar-refractivity contribution in [3.05, 3.63) is 23.9 Å². The molecule has 1 heterocycles. The fourth-order valence-corrected chi connectivity index (χ4v) is 1.39. The number of alkyl halides is 1. The lowest BCUT2D eigenvalue weighted by molar-refractivity contribution is 0.386. The molecular formula is C6H7ClNO3P. The number of hydrogen-bond acceptors (Lipinski definition) is 2. The van der Waals surface area contributed by atoms with E-state index in [-0.39, 0.29) is 11.3 Å². The molecule has 0 radical (unpaired) electrons. The molecule has 0 aliphatic rings. The molecule has 12 heavy (non-hydrogen) atoms. The van der Waals surface area contributed by atoms with Gasteiger partial charge >= 0.3 is 7.60 Å². The zero-order chi connectivity index (χ0) is 9.19. The molecule has 4 nitrogen and oxygen atoms in total. The van der Waals surface area contributed by atoms with Gasteiger partial charge in [-0.3, -0.25) is 4.57 Å². The number of nitrogens with zero attached hydrogens (tertiary/aromatic N) is 1. The number of halogens is 1. The summed E-state index contributed by atoms with van der Waals surface area (Å²) >= 11 is 5.43. The fourth-order valence-electron chi connectivity index (χ4n) is 0.704. The monoisotopic (exact) mass is 207 g/mol. The van der Waals surface area contributed by atoms with E-state index in [1.807, 2.05) is 0 Å². The first-order valence-corrected chi connectivity index (χ1v) is 5.27. The minimum absolute atomic E-state index is 0.147. The molecule has 0 atom stereocenters. The molecule has 0 aliphatic carbocycles. The van der Waals surface area contributed by atoms with Crippen molar-refractivity contribution in [1.29, 1.82) is 0 Å². The Kier molecular flexibility index (Phi) is 2.85. The summed E-state index contributed by atoms with van der Waals surface area (Å²) in [4.78, 5) is 21.1. The van der Waals surface area contributed by atoms with Crippen molar-refractivity contribution in [2.24, 2.45) is 0 Å². The van der Waals surface area contributed by atoms with Crippen LogP contribution in [-0.2, 0) is 10.4 Å². The second kappa shape index (κ2) is 3.54. The quantitative estimate of drug-likeness (QED) is 0.551. The summed E-state index contributed by atoms with van der Waals surface area (Å²) in [6.45, 7) is 0. The summed E-state index contributed by atoms with van der Waals surface area (Å²) in [6.07, 6.45) is 0. The molecule has 0 saturated heterocycles. The standard InChI is InChI=1S/C6H7ClNO3P/c7-4-5-2-1-3-6(8-5)12(9,10)11/h1-3H,4H2,(H2,9,10,11). The Hall–Kier alpha value is -0.410. The molecule has 0 aromatic carbocycles. The van der Waals surface area contributed by atoms with Gasteiger partial charge in [0, 0.05) is 0 Å². The van der Waals surface area contributed by atoms with Crippen LogP contribution in [0, 0.1) is 0 Å². The molecule has 1 aromatic rings. The average Bonchev–Trinajstić information content (AvgIpc) is 2.03. The van der Waals surface area contributed by atoms with Crippen LogP contribution < -0.4 is 5.44 Å². The smallest absolute Gasteiger partial charge is 0.320 e. The van der Waals surface area contributed by atoms with E-state index in [1.54, 1.807) is 6.07 Å². The van der Waals surface area contributed by atoms with Gasteiger partial charge in [-0.25, -0.2) is 4.98 Å². The highest BCUT2D eigenvalue weighted by Crippen LogP contribution is 2.31. The van der Waals surface area contributed by atoms with E-state index in [4.69, 9.17) is 21.4 Å². The van der Waals surface area contributed by atoms with Gasteiger partial charge in [0.1, 0.15) is 0 Å². The zero-order valence-corrected chi connectivity index (χ0v) is 7.66. The van der Waals surface area contributed by atoms with E-state index >= 15 is 0 Å². The van der Waals surface area contributed by atoms with Crippen molar-refractivity contribution >= 4 is 24.6 Å². The minimum Gasteiger partial charge on any atom is -0.320 e. The third-order valence-corrected chi connectivity index (χ3v) is 2.35. The molecule has 2 N–H and O–H groups in total. The lowest BCUT2D eigenvalue weighted by atomic mass is 10.4. The highest BCUT2D eigenvalue weighted by atomic mass is 35.5. The molecule has 0 unspecified atom stereocenters. The maximum atomic E-state index is 10.7. The van der Waals surface area contributed by atoms with Crippen LogP contribution in [0.3, 0.4) is 0 Å². The van der Waals surface area contributed by atoms with Gasteiger partial charge in [0.05, 0.1) is 11.6 Å². The van der Waals surface area contributed by atoms with Gasteiger partial charge in [0.25, 0.3) is 0 Å². The number of aromatic nitrogens is 1.